The molecule has 1 aromatic carbocycles. The van der Waals surface area contributed by atoms with Gasteiger partial charge < -0.3 is 16.2 Å². The standard InChI is InChI=1S/C15H24N2O2.ClH/c1-3-13(18)9-10-17-15(19)11(2)14(16)12-7-5-4-6-8-12;/h4-8,11,13-14,18H,3,9-10,16H2,1-2H3,(H,17,19);1H. The quantitative estimate of drug-likeness (QED) is 0.721. The highest BCUT2D eigenvalue weighted by Crippen LogP contribution is 2.18. The summed E-state index contributed by atoms with van der Waals surface area (Å²) in [7, 11) is 0. The van der Waals surface area contributed by atoms with Gasteiger partial charge in [-0.25, -0.2) is 0 Å². The number of nitrogens with one attached hydrogen (secondary N) is 1. The van der Waals surface area contributed by atoms with E-state index < -0.39 is 0 Å². The molecule has 114 valence electrons. The van der Waals surface area contributed by atoms with E-state index in [1.165, 1.54) is 0 Å². The SMILES string of the molecule is CCC(O)CCNC(=O)C(C)C(N)c1ccccc1.Cl. The average Bonchev–Trinajstić information content (AvgIpc) is 2.46. The first-order chi connectivity index (χ1) is 9.06. The van der Waals surface area contributed by atoms with Gasteiger partial charge in [0.2, 0.25) is 5.91 Å². The molecule has 1 rings (SSSR count). The monoisotopic (exact) mass is 300 g/mol. The molecular weight excluding hydrogens is 276 g/mol. The summed E-state index contributed by atoms with van der Waals surface area (Å²) in [6.07, 6.45) is 0.934. The zero-order chi connectivity index (χ0) is 14.3. The molecule has 0 saturated carbocycles. The van der Waals surface area contributed by atoms with E-state index in [1.54, 1.807) is 0 Å². The van der Waals surface area contributed by atoms with Crippen LogP contribution in [0.25, 0.3) is 0 Å². The second-order valence-corrected chi connectivity index (χ2v) is 4.87. The fourth-order valence-electron chi connectivity index (χ4n) is 1.85. The second-order valence-electron chi connectivity index (χ2n) is 4.87. The van der Waals surface area contributed by atoms with Gasteiger partial charge in [-0.1, -0.05) is 44.2 Å². The van der Waals surface area contributed by atoms with Crippen LogP contribution in [0.4, 0.5) is 0 Å². The third-order valence-electron chi connectivity index (χ3n) is 3.38. The van der Waals surface area contributed by atoms with E-state index in [4.69, 9.17) is 5.73 Å². The summed E-state index contributed by atoms with van der Waals surface area (Å²) < 4.78 is 0. The summed E-state index contributed by atoms with van der Waals surface area (Å²) >= 11 is 0. The summed E-state index contributed by atoms with van der Waals surface area (Å²) in [5.74, 6) is -0.360. The number of halogens is 1. The molecule has 20 heavy (non-hydrogen) atoms. The Labute approximate surface area is 127 Å². The molecule has 5 heteroatoms. The number of carbonyl (C=O) groups excluding carboxylic acids is 1. The number of hydrogen-bond donors (Lipinski definition) is 3. The number of hydrogen-bond acceptors (Lipinski definition) is 3. The lowest BCUT2D eigenvalue weighted by atomic mass is 9.94. The van der Waals surface area contributed by atoms with Gasteiger partial charge in [-0.3, -0.25) is 4.79 Å². The molecule has 0 aliphatic rings. The fraction of sp³-hybridized carbons (Fsp3) is 0.533. The highest BCUT2D eigenvalue weighted by atomic mass is 35.5. The Bertz CT molecular complexity index is 387. The van der Waals surface area contributed by atoms with E-state index in [0.717, 1.165) is 5.56 Å². The van der Waals surface area contributed by atoms with Crippen molar-refractivity contribution in [2.75, 3.05) is 6.54 Å². The van der Waals surface area contributed by atoms with Crippen molar-refractivity contribution in [1.29, 1.82) is 0 Å². The third kappa shape index (κ3) is 5.90. The average molecular weight is 301 g/mol. The van der Waals surface area contributed by atoms with Gasteiger partial charge in [-0.15, -0.1) is 12.4 Å². The molecule has 0 heterocycles. The predicted molar refractivity (Wildman–Crippen MR) is 83.7 cm³/mol. The zero-order valence-electron chi connectivity index (χ0n) is 12.1. The van der Waals surface area contributed by atoms with Crippen molar-refractivity contribution in [3.05, 3.63) is 35.9 Å². The molecule has 3 atom stereocenters. The first-order valence-corrected chi connectivity index (χ1v) is 6.82. The molecule has 0 aliphatic heterocycles. The van der Waals surface area contributed by atoms with E-state index in [2.05, 4.69) is 5.32 Å². The molecule has 0 radical (unpaired) electrons. The molecule has 0 aliphatic carbocycles. The lowest BCUT2D eigenvalue weighted by Crippen LogP contribution is -2.36. The van der Waals surface area contributed by atoms with Gasteiger partial charge in [0, 0.05) is 12.6 Å². The fourth-order valence-corrected chi connectivity index (χ4v) is 1.85. The summed E-state index contributed by atoms with van der Waals surface area (Å²) in [5.41, 5.74) is 7.04. The van der Waals surface area contributed by atoms with Crippen LogP contribution < -0.4 is 11.1 Å². The van der Waals surface area contributed by atoms with Gasteiger partial charge in [-0.05, 0) is 18.4 Å². The van der Waals surface area contributed by atoms with E-state index in [1.807, 2.05) is 44.2 Å². The predicted octanol–water partition coefficient (Wildman–Crippen LogP) is 2.02. The molecule has 0 aromatic heterocycles. The van der Waals surface area contributed by atoms with Crippen molar-refractivity contribution < 1.29 is 9.90 Å². The normalized spacial score (nSPS) is 14.8. The van der Waals surface area contributed by atoms with Crippen molar-refractivity contribution in [2.45, 2.75) is 38.8 Å². The van der Waals surface area contributed by atoms with E-state index in [0.29, 0.717) is 19.4 Å². The topological polar surface area (TPSA) is 75.3 Å². The molecule has 0 spiro atoms. The summed E-state index contributed by atoms with van der Waals surface area (Å²) in [4.78, 5) is 12.0. The molecule has 0 bridgehead atoms. The Morgan fingerprint density at radius 1 is 1.35 bits per heavy atom. The van der Waals surface area contributed by atoms with E-state index in [-0.39, 0.29) is 36.4 Å². The van der Waals surface area contributed by atoms with Crippen molar-refractivity contribution in [3.63, 3.8) is 0 Å². The third-order valence-corrected chi connectivity index (χ3v) is 3.38. The Morgan fingerprint density at radius 2 is 1.95 bits per heavy atom. The summed E-state index contributed by atoms with van der Waals surface area (Å²) in [6.45, 7) is 4.23. The Balaban J connectivity index is 0.00000361. The van der Waals surface area contributed by atoms with Crippen molar-refractivity contribution in [2.24, 2.45) is 11.7 Å². The van der Waals surface area contributed by atoms with Crippen molar-refractivity contribution in [3.8, 4) is 0 Å². The molecule has 1 aromatic rings. The Kier molecular flexibility index (Phi) is 9.21. The van der Waals surface area contributed by atoms with Crippen LogP contribution in [-0.4, -0.2) is 23.7 Å². The van der Waals surface area contributed by atoms with Gasteiger partial charge >= 0.3 is 0 Å². The maximum atomic E-state index is 12.0. The maximum Gasteiger partial charge on any atom is 0.224 e. The van der Waals surface area contributed by atoms with Gasteiger partial charge in [0.1, 0.15) is 0 Å². The number of rotatable bonds is 7. The minimum Gasteiger partial charge on any atom is -0.393 e. The lowest BCUT2D eigenvalue weighted by molar-refractivity contribution is -0.125. The maximum absolute atomic E-state index is 12.0. The number of nitrogens with two attached hydrogens (primary N) is 1. The van der Waals surface area contributed by atoms with Crippen molar-refractivity contribution >= 4 is 18.3 Å². The van der Waals surface area contributed by atoms with E-state index in [9.17, 15) is 9.90 Å². The van der Waals surface area contributed by atoms with Crippen LogP contribution >= 0.6 is 12.4 Å². The van der Waals surface area contributed by atoms with Gasteiger partial charge in [0.05, 0.1) is 12.0 Å². The van der Waals surface area contributed by atoms with Crippen LogP contribution in [0.5, 0.6) is 0 Å². The molecule has 3 unspecified atom stereocenters. The first-order valence-electron chi connectivity index (χ1n) is 6.82. The number of carbonyl (C=O) groups is 1. The van der Waals surface area contributed by atoms with Crippen LogP contribution in [-0.2, 0) is 4.79 Å². The van der Waals surface area contributed by atoms with E-state index >= 15 is 0 Å². The zero-order valence-corrected chi connectivity index (χ0v) is 12.9. The minimum absolute atomic E-state index is 0. The highest BCUT2D eigenvalue weighted by Gasteiger charge is 2.21. The largest absolute Gasteiger partial charge is 0.393 e. The van der Waals surface area contributed by atoms with Gasteiger partial charge in [0.15, 0.2) is 0 Å². The highest BCUT2D eigenvalue weighted by molar-refractivity contribution is 5.85. The second kappa shape index (κ2) is 9.75. The first kappa shape index (κ1) is 18.9. The molecule has 4 N–H and O–H groups in total. The number of benzene rings is 1. The van der Waals surface area contributed by atoms with Gasteiger partial charge in [0.25, 0.3) is 0 Å². The van der Waals surface area contributed by atoms with Crippen LogP contribution in [0.15, 0.2) is 30.3 Å². The van der Waals surface area contributed by atoms with Crippen molar-refractivity contribution in [1.82, 2.24) is 5.32 Å². The summed E-state index contributed by atoms with van der Waals surface area (Å²) in [6, 6.07) is 9.30. The lowest BCUT2D eigenvalue weighted by Gasteiger charge is -2.20. The van der Waals surface area contributed by atoms with Gasteiger partial charge in [-0.2, -0.15) is 0 Å². The van der Waals surface area contributed by atoms with Crippen LogP contribution in [0, 0.1) is 5.92 Å². The number of aliphatic hydroxyl groups is 1. The van der Waals surface area contributed by atoms with Crippen LogP contribution in [0.3, 0.4) is 0 Å². The molecule has 0 fully saturated rings. The number of amides is 1. The summed E-state index contributed by atoms with van der Waals surface area (Å²) in [5, 5.41) is 12.2. The van der Waals surface area contributed by atoms with Crippen LogP contribution in [0.1, 0.15) is 38.3 Å². The Hall–Kier alpha value is -1.10. The van der Waals surface area contributed by atoms with Crippen LogP contribution in [0.2, 0.25) is 0 Å². The molecule has 0 saturated heterocycles. The smallest absolute Gasteiger partial charge is 0.224 e. The molecular formula is C15H25ClN2O2. The molecule has 4 nitrogen and oxygen atoms in total. The Morgan fingerprint density at radius 3 is 2.50 bits per heavy atom. The molecule has 1 amide bonds. The number of aliphatic hydroxyl groups excluding tert-OH is 1. The minimum atomic E-state index is -0.349.